The fourth-order valence-electron chi connectivity index (χ4n) is 0.319. The van der Waals surface area contributed by atoms with Crippen molar-refractivity contribution in [2.75, 3.05) is 0 Å². The van der Waals surface area contributed by atoms with E-state index in [1.54, 1.807) is 0 Å². The Balaban J connectivity index is 2.45. The molecular formula is C4H11B2N. The van der Waals surface area contributed by atoms with E-state index in [0.29, 0.717) is 0 Å². The van der Waals surface area contributed by atoms with Gasteiger partial charge < -0.3 is 5.14 Å². The van der Waals surface area contributed by atoms with Gasteiger partial charge in [0.25, 0.3) is 0 Å². The summed E-state index contributed by atoms with van der Waals surface area (Å²) in [7, 11) is 4.06. The number of hydrogen-bond acceptors (Lipinski definition) is 1. The van der Waals surface area contributed by atoms with E-state index in [2.05, 4.69) is 19.0 Å². The molecule has 7 heavy (non-hydrogen) atoms. The first-order valence-electron chi connectivity index (χ1n) is 2.81. The maximum Gasteiger partial charge on any atom is 0.192 e. The Hall–Kier alpha value is 0.0899. The molecule has 0 spiro atoms. The van der Waals surface area contributed by atoms with Crippen LogP contribution in [0.15, 0.2) is 0 Å². The lowest BCUT2D eigenvalue weighted by atomic mass is 9.78. The van der Waals surface area contributed by atoms with Gasteiger partial charge in [-0.3, -0.25) is 0 Å². The molecule has 38 valence electrons. The predicted molar refractivity (Wildman–Crippen MR) is 35.6 cm³/mol. The van der Waals surface area contributed by atoms with Crippen LogP contribution in [0.25, 0.3) is 0 Å². The molecule has 0 aliphatic rings. The molecule has 1 nitrogen and oxygen atoms in total. The van der Waals surface area contributed by atoms with Crippen molar-refractivity contribution in [3.8, 4) is 0 Å². The minimum Gasteiger partial charge on any atom is -0.407 e. The maximum atomic E-state index is 3.03. The third-order valence-electron chi connectivity index (χ3n) is 0.644. The summed E-state index contributed by atoms with van der Waals surface area (Å²) in [4.78, 5) is 0. The Bertz CT molecular complexity index is 28.9. The molecule has 0 aromatic carbocycles. The Morgan fingerprint density at radius 1 is 1.14 bits per heavy atom. The molecule has 0 amide bonds. The number of nitrogens with one attached hydrogen (secondary N) is 1. The Labute approximate surface area is 47.4 Å². The van der Waals surface area contributed by atoms with E-state index >= 15 is 0 Å². The molecule has 0 aromatic heterocycles. The lowest BCUT2D eigenvalue weighted by molar-refractivity contribution is 1.34. The third kappa shape index (κ3) is 6.09. The van der Waals surface area contributed by atoms with E-state index < -0.39 is 0 Å². The van der Waals surface area contributed by atoms with Crippen LogP contribution in [0.5, 0.6) is 0 Å². The second kappa shape index (κ2) is 6.09. The van der Waals surface area contributed by atoms with Crippen LogP contribution in [-0.2, 0) is 0 Å². The number of rotatable bonds is 4. The van der Waals surface area contributed by atoms with E-state index in [9.17, 15) is 0 Å². The molecule has 2 radical (unpaired) electrons. The van der Waals surface area contributed by atoms with Crippen molar-refractivity contribution in [3.05, 3.63) is 0 Å². The van der Waals surface area contributed by atoms with Crippen LogP contribution >= 0.6 is 0 Å². The van der Waals surface area contributed by atoms with Crippen molar-refractivity contribution in [1.29, 1.82) is 0 Å². The Morgan fingerprint density at radius 2 is 1.57 bits per heavy atom. The molecule has 1 N–H and O–H groups in total. The Kier molecular flexibility index (Phi) is 6.17. The van der Waals surface area contributed by atoms with Gasteiger partial charge in [0, 0.05) is 0 Å². The smallest absolute Gasteiger partial charge is 0.192 e. The largest absolute Gasteiger partial charge is 0.407 e. The summed E-state index contributed by atoms with van der Waals surface area (Å²) in [6.45, 7) is 4.22. The molecule has 0 aromatic rings. The average Bonchev–Trinajstić information content (AvgIpc) is 1.69. The van der Waals surface area contributed by atoms with Crippen LogP contribution < -0.4 is 5.14 Å². The van der Waals surface area contributed by atoms with Crippen LogP contribution in [0.2, 0.25) is 12.6 Å². The summed E-state index contributed by atoms with van der Waals surface area (Å²) in [6, 6.07) is 0. The molecule has 0 fully saturated rings. The topological polar surface area (TPSA) is 12.0 Å². The molecule has 0 atom stereocenters. The van der Waals surface area contributed by atoms with Crippen LogP contribution in [0.1, 0.15) is 13.8 Å². The van der Waals surface area contributed by atoms with Gasteiger partial charge in [-0.15, -0.1) is 0 Å². The van der Waals surface area contributed by atoms with Crippen molar-refractivity contribution in [2.24, 2.45) is 0 Å². The summed E-state index contributed by atoms with van der Waals surface area (Å²) >= 11 is 0. The molecule has 3 heteroatoms. The second-order valence-electron chi connectivity index (χ2n) is 1.39. The monoisotopic (exact) mass is 95.1 g/mol. The van der Waals surface area contributed by atoms with Gasteiger partial charge in [0.15, 0.2) is 14.8 Å². The molecule has 0 aliphatic carbocycles. The van der Waals surface area contributed by atoms with E-state index in [-0.39, 0.29) is 0 Å². The highest BCUT2D eigenvalue weighted by atomic mass is 14.6. The van der Waals surface area contributed by atoms with Crippen LogP contribution in [0.3, 0.4) is 0 Å². The van der Waals surface area contributed by atoms with E-state index in [4.69, 9.17) is 0 Å². The van der Waals surface area contributed by atoms with Crippen LogP contribution in [0, 0.1) is 0 Å². The van der Waals surface area contributed by atoms with Crippen molar-refractivity contribution >= 4 is 14.8 Å². The highest BCUT2D eigenvalue weighted by molar-refractivity contribution is 6.50. The van der Waals surface area contributed by atoms with Crippen molar-refractivity contribution in [1.82, 2.24) is 5.14 Å². The van der Waals surface area contributed by atoms with Gasteiger partial charge in [-0.2, -0.15) is 0 Å². The molecule has 0 aliphatic heterocycles. The molecule has 0 saturated heterocycles. The second-order valence-corrected chi connectivity index (χ2v) is 1.39. The summed E-state index contributed by atoms with van der Waals surface area (Å²) in [5.41, 5.74) is 0. The first-order valence-corrected chi connectivity index (χ1v) is 2.81. The normalized spacial score (nSPS) is 8.29. The lowest BCUT2D eigenvalue weighted by Gasteiger charge is -1.91. The Morgan fingerprint density at radius 3 is 1.86 bits per heavy atom. The fourth-order valence-corrected chi connectivity index (χ4v) is 0.319. The van der Waals surface area contributed by atoms with Crippen molar-refractivity contribution in [2.45, 2.75) is 26.5 Å². The highest BCUT2D eigenvalue weighted by Crippen LogP contribution is 1.69. The van der Waals surface area contributed by atoms with Gasteiger partial charge in [-0.25, -0.2) is 0 Å². The van der Waals surface area contributed by atoms with Crippen molar-refractivity contribution < 1.29 is 0 Å². The molecule has 0 unspecified atom stereocenters. The SMILES string of the molecule is CC[B]N[B]CC. The summed E-state index contributed by atoms with van der Waals surface area (Å²) in [5.74, 6) is 0. The molecule has 0 bridgehead atoms. The quantitative estimate of drug-likeness (QED) is 0.400. The summed E-state index contributed by atoms with van der Waals surface area (Å²) in [5, 5.41) is 3.03. The minimum absolute atomic E-state index is 1.09. The summed E-state index contributed by atoms with van der Waals surface area (Å²) < 4.78 is 0. The van der Waals surface area contributed by atoms with Gasteiger partial charge in [-0.05, 0) is 0 Å². The zero-order chi connectivity index (χ0) is 5.54. The van der Waals surface area contributed by atoms with Gasteiger partial charge in [0.2, 0.25) is 0 Å². The first-order chi connectivity index (χ1) is 3.41. The molecule has 0 saturated carbocycles. The zero-order valence-electron chi connectivity index (χ0n) is 5.07. The molecule has 0 rings (SSSR count). The predicted octanol–water partition coefficient (Wildman–Crippen LogP) is 0.691. The van der Waals surface area contributed by atoms with E-state index in [1.165, 1.54) is 0 Å². The maximum absolute atomic E-state index is 3.03. The highest BCUT2D eigenvalue weighted by Gasteiger charge is 1.83. The van der Waals surface area contributed by atoms with Gasteiger partial charge >= 0.3 is 0 Å². The first kappa shape index (κ1) is 7.09. The standard InChI is InChI=1S/C4H11B2N/c1-3-5-7-6-4-2/h7H,3-4H2,1-2H3. The van der Waals surface area contributed by atoms with E-state index in [1.807, 2.05) is 14.8 Å². The van der Waals surface area contributed by atoms with Crippen LogP contribution in [0.4, 0.5) is 0 Å². The average molecular weight is 94.8 g/mol. The summed E-state index contributed by atoms with van der Waals surface area (Å²) in [6.07, 6.45) is 2.19. The molecular weight excluding hydrogens is 83.7 g/mol. The molecule has 0 heterocycles. The number of hydrogen-bond donors (Lipinski definition) is 1. The van der Waals surface area contributed by atoms with Gasteiger partial charge in [-0.1, -0.05) is 26.5 Å². The van der Waals surface area contributed by atoms with E-state index in [0.717, 1.165) is 12.6 Å². The zero-order valence-corrected chi connectivity index (χ0v) is 5.07. The lowest BCUT2D eigenvalue weighted by Crippen LogP contribution is -2.21. The minimum atomic E-state index is 1.09. The van der Waals surface area contributed by atoms with Crippen LogP contribution in [-0.4, -0.2) is 14.8 Å². The third-order valence-corrected chi connectivity index (χ3v) is 0.644. The van der Waals surface area contributed by atoms with Crippen molar-refractivity contribution in [3.63, 3.8) is 0 Å². The van der Waals surface area contributed by atoms with Gasteiger partial charge in [0.05, 0.1) is 0 Å². The van der Waals surface area contributed by atoms with Gasteiger partial charge in [0.1, 0.15) is 0 Å². The fraction of sp³-hybridized carbons (Fsp3) is 1.00.